The standard InChI is InChI=1S/C23H31BrI2N2/c1-16(2)8-11-27-12-9-20-17(3)28(23-6-5-19(24)13-21(20)23)15-18-7-10-26-14-22(18)25-4/h5-7,10,13-14,16,18,22,27H,4,8-9,11-12,15H2,1-3H3. The van der Waals surface area contributed by atoms with Crippen molar-refractivity contribution in [3.63, 3.8) is 0 Å². The van der Waals surface area contributed by atoms with Gasteiger partial charge in [-0.3, -0.25) is 0 Å². The molecule has 1 aliphatic rings. The highest BCUT2D eigenvalue weighted by molar-refractivity contribution is 14.2. The van der Waals surface area contributed by atoms with Crippen molar-refractivity contribution < 1.29 is 0 Å². The molecule has 1 aromatic carbocycles. The first-order valence-electron chi connectivity index (χ1n) is 9.98. The van der Waals surface area contributed by atoms with Gasteiger partial charge in [-0.2, -0.15) is 0 Å². The lowest BCUT2D eigenvalue weighted by Crippen LogP contribution is -2.22. The van der Waals surface area contributed by atoms with E-state index in [9.17, 15) is 0 Å². The van der Waals surface area contributed by atoms with Crippen LogP contribution >= 0.6 is 57.4 Å². The predicted octanol–water partition coefficient (Wildman–Crippen LogP) is 6.58. The highest BCUT2D eigenvalue weighted by Crippen LogP contribution is 2.33. The average Bonchev–Trinajstić information content (AvgIpc) is 2.93. The molecule has 0 amide bonds. The largest absolute Gasteiger partial charge is 0.344 e. The molecule has 0 bridgehead atoms. The first-order valence-corrected chi connectivity index (χ1v) is 16.0. The number of hydrogen-bond donors (Lipinski definition) is 1. The average molecular weight is 669 g/mol. The second kappa shape index (κ2) is 11.0. The smallest absolute Gasteiger partial charge is 0.0486 e. The number of rotatable bonds is 9. The topological polar surface area (TPSA) is 17.0 Å². The summed E-state index contributed by atoms with van der Waals surface area (Å²) in [7, 11) is 0. The van der Waals surface area contributed by atoms with Crippen molar-refractivity contribution >= 4 is 76.8 Å². The van der Waals surface area contributed by atoms with E-state index < -0.39 is 0 Å². The van der Waals surface area contributed by atoms with E-state index in [2.05, 4.69) is 83.5 Å². The summed E-state index contributed by atoms with van der Waals surface area (Å²) in [5.74, 6) is 1.38. The SMILES string of the molecule is C=IC1C=IC=CC1Cn1c(C)c(CCNCCC(C)C)c2cc(Br)ccc21. The molecule has 3 rings (SSSR count). The molecule has 2 unspecified atom stereocenters. The number of aromatic nitrogens is 1. The molecule has 154 valence electrons. The van der Waals surface area contributed by atoms with Gasteiger partial charge in [-0.25, -0.2) is 0 Å². The van der Waals surface area contributed by atoms with E-state index in [0.717, 1.165) is 35.9 Å². The Hall–Kier alpha value is 0.140. The molecule has 1 N–H and O–H groups in total. The quantitative estimate of drug-likeness (QED) is 0.182. The number of halogens is 3. The van der Waals surface area contributed by atoms with Gasteiger partial charge in [0, 0.05) is 37.5 Å². The van der Waals surface area contributed by atoms with E-state index in [0.29, 0.717) is 5.92 Å². The maximum Gasteiger partial charge on any atom is 0.0486 e. The summed E-state index contributed by atoms with van der Waals surface area (Å²) in [5.41, 5.74) is 4.33. The molecule has 0 saturated carbocycles. The summed E-state index contributed by atoms with van der Waals surface area (Å²) in [6.45, 7) is 10.1. The Balaban J connectivity index is 1.84. The number of nitrogens with one attached hydrogen (secondary N) is 1. The molecule has 2 nitrogen and oxygen atoms in total. The van der Waals surface area contributed by atoms with Crippen molar-refractivity contribution in [2.75, 3.05) is 13.1 Å². The third kappa shape index (κ3) is 5.64. The van der Waals surface area contributed by atoms with E-state index in [1.54, 1.807) is 0 Å². The zero-order valence-electron chi connectivity index (χ0n) is 17.0. The molecular weight excluding hydrogens is 638 g/mol. The summed E-state index contributed by atoms with van der Waals surface area (Å²) in [6.07, 6.45) is 4.82. The number of alkyl halides is 1. The molecule has 5 heteroatoms. The number of fused-ring (bicyclic) bond motifs is 1. The fourth-order valence-corrected chi connectivity index (χ4v) is 9.73. The van der Waals surface area contributed by atoms with E-state index in [1.165, 1.54) is 33.1 Å². The first kappa shape index (κ1) is 22.8. The van der Waals surface area contributed by atoms with Gasteiger partial charge < -0.3 is 9.88 Å². The Morgan fingerprint density at radius 2 is 2.14 bits per heavy atom. The molecule has 2 heterocycles. The third-order valence-corrected chi connectivity index (χ3v) is 11.6. The lowest BCUT2D eigenvalue weighted by molar-refractivity contribution is 0.538. The number of benzene rings is 1. The van der Waals surface area contributed by atoms with Gasteiger partial charge in [-0.05, 0) is 70.6 Å². The Labute approximate surface area is 198 Å². The minimum Gasteiger partial charge on any atom is -0.344 e. The Morgan fingerprint density at radius 1 is 1.32 bits per heavy atom. The summed E-state index contributed by atoms with van der Waals surface area (Å²) in [4.78, 5) is 0. The van der Waals surface area contributed by atoms with E-state index in [-0.39, 0.29) is 41.5 Å². The van der Waals surface area contributed by atoms with Crippen LogP contribution in [-0.4, -0.2) is 30.1 Å². The van der Waals surface area contributed by atoms with Crippen LogP contribution in [0.15, 0.2) is 32.8 Å². The Kier molecular flexibility index (Phi) is 8.93. The van der Waals surface area contributed by atoms with Crippen LogP contribution in [0.3, 0.4) is 0 Å². The van der Waals surface area contributed by atoms with E-state index in [4.69, 9.17) is 0 Å². The minimum atomic E-state index is 0.0152. The zero-order chi connectivity index (χ0) is 20.1. The summed E-state index contributed by atoms with van der Waals surface area (Å²) in [6, 6.07) is 6.78. The van der Waals surface area contributed by atoms with E-state index in [1.807, 2.05) is 0 Å². The number of hydrogen-bond acceptors (Lipinski definition) is 1. The molecule has 0 fully saturated rings. The fourth-order valence-electron chi connectivity index (χ4n) is 3.77. The molecular formula is C23H31BrI2N2. The van der Waals surface area contributed by atoms with Crippen molar-refractivity contribution in [2.24, 2.45) is 11.8 Å². The molecule has 1 aromatic heterocycles. The van der Waals surface area contributed by atoms with Gasteiger partial charge in [0.1, 0.15) is 0 Å². The highest BCUT2D eigenvalue weighted by atomic mass is 127. The lowest BCUT2D eigenvalue weighted by Gasteiger charge is -2.22. The molecule has 1 aliphatic heterocycles. The second-order valence-corrected chi connectivity index (χ2v) is 13.2. The number of nitrogens with zero attached hydrogens (tertiary/aromatic N) is 1. The van der Waals surface area contributed by atoms with Gasteiger partial charge >= 0.3 is 0 Å². The van der Waals surface area contributed by atoms with Crippen molar-refractivity contribution in [3.05, 3.63) is 44.1 Å². The van der Waals surface area contributed by atoms with Crippen molar-refractivity contribution in [3.8, 4) is 0 Å². The summed E-state index contributed by atoms with van der Waals surface area (Å²) >= 11 is 3.87. The van der Waals surface area contributed by atoms with Crippen molar-refractivity contribution in [2.45, 2.75) is 44.1 Å². The Bertz CT molecular complexity index is 882. The van der Waals surface area contributed by atoms with Crippen LogP contribution in [0.1, 0.15) is 31.5 Å². The molecule has 2 aromatic rings. The van der Waals surface area contributed by atoms with Gasteiger partial charge in [0.25, 0.3) is 0 Å². The maximum atomic E-state index is 4.31. The van der Waals surface area contributed by atoms with Crippen LogP contribution < -0.4 is 5.32 Å². The monoisotopic (exact) mass is 668 g/mol. The van der Waals surface area contributed by atoms with Crippen molar-refractivity contribution in [1.82, 2.24) is 9.88 Å². The van der Waals surface area contributed by atoms with Crippen LogP contribution in [0.25, 0.3) is 10.9 Å². The van der Waals surface area contributed by atoms with Crippen LogP contribution in [0.2, 0.25) is 0 Å². The maximum absolute atomic E-state index is 4.31. The zero-order valence-corrected chi connectivity index (χ0v) is 22.9. The molecule has 0 spiro atoms. The van der Waals surface area contributed by atoms with Crippen LogP contribution in [-0.2, 0) is 13.0 Å². The molecule has 0 radical (unpaired) electrons. The normalized spacial score (nSPS) is 19.5. The van der Waals surface area contributed by atoms with Crippen LogP contribution in [0, 0.1) is 18.8 Å². The van der Waals surface area contributed by atoms with Gasteiger partial charge in [0.15, 0.2) is 0 Å². The van der Waals surface area contributed by atoms with Gasteiger partial charge in [0.05, 0.1) is 0 Å². The van der Waals surface area contributed by atoms with Gasteiger partial charge in [0.2, 0.25) is 0 Å². The molecule has 28 heavy (non-hydrogen) atoms. The molecule has 2 atom stereocenters. The van der Waals surface area contributed by atoms with Gasteiger partial charge in [-0.1, -0.05) is 61.1 Å². The summed E-state index contributed by atoms with van der Waals surface area (Å²) < 4.78 is 13.8. The van der Waals surface area contributed by atoms with Crippen molar-refractivity contribution in [1.29, 1.82) is 0 Å². The fraction of sp³-hybridized carbons (Fsp3) is 0.478. The Morgan fingerprint density at radius 3 is 2.89 bits per heavy atom. The van der Waals surface area contributed by atoms with Crippen LogP contribution in [0.4, 0.5) is 0 Å². The molecule has 0 aliphatic carbocycles. The minimum absolute atomic E-state index is 0.0152. The van der Waals surface area contributed by atoms with Crippen LogP contribution in [0.5, 0.6) is 0 Å². The lowest BCUT2D eigenvalue weighted by atomic mass is 10.1. The number of allylic oxidation sites excluding steroid dienone is 1. The predicted molar refractivity (Wildman–Crippen MR) is 148 cm³/mol. The second-order valence-electron chi connectivity index (χ2n) is 7.85. The highest BCUT2D eigenvalue weighted by Gasteiger charge is 2.21. The van der Waals surface area contributed by atoms with E-state index >= 15 is 0 Å². The third-order valence-electron chi connectivity index (χ3n) is 5.43. The van der Waals surface area contributed by atoms with Gasteiger partial charge in [-0.15, -0.1) is 20.7 Å². The molecule has 0 saturated heterocycles. The summed E-state index contributed by atoms with van der Waals surface area (Å²) in [5, 5.41) is 5.05. The first-order chi connectivity index (χ1) is 13.5.